The van der Waals surface area contributed by atoms with Gasteiger partial charge in [0.1, 0.15) is 11.5 Å². The molecule has 0 saturated heterocycles. The number of rotatable bonds is 22. The second kappa shape index (κ2) is 21.3. The predicted molar refractivity (Wildman–Crippen MR) is 189 cm³/mol. The van der Waals surface area contributed by atoms with Crippen LogP contribution in [0.4, 0.5) is 13.2 Å². The number of aryl methyl sites for hydroxylation is 1. The molecule has 0 aliphatic heterocycles. The SMILES string of the molecule is CCCCCCCCCCCCOc1ccc(-c2ccc(C(=O)Oc3ccc(C(=O)OC(CCCCCC)C(F)(F)F)c(C)c3)cc2)cc1. The summed E-state index contributed by atoms with van der Waals surface area (Å²) in [6, 6.07) is 19.0. The van der Waals surface area contributed by atoms with Gasteiger partial charge in [0, 0.05) is 0 Å². The molecule has 0 aliphatic rings. The first-order chi connectivity index (χ1) is 23.6. The van der Waals surface area contributed by atoms with Crippen molar-refractivity contribution in [1.82, 2.24) is 0 Å². The van der Waals surface area contributed by atoms with E-state index in [1.165, 1.54) is 76.0 Å². The molecule has 3 rings (SSSR count). The van der Waals surface area contributed by atoms with E-state index in [4.69, 9.17) is 14.2 Å². The number of carbonyl (C=O) groups excluding carboxylic acids is 2. The molecular formula is C41H53F3O5. The Hall–Kier alpha value is -3.81. The largest absolute Gasteiger partial charge is 0.494 e. The number of unbranched alkanes of at least 4 members (excludes halogenated alkanes) is 12. The summed E-state index contributed by atoms with van der Waals surface area (Å²) in [4.78, 5) is 25.5. The summed E-state index contributed by atoms with van der Waals surface area (Å²) in [5.74, 6) is -0.654. The van der Waals surface area contributed by atoms with E-state index in [0.29, 0.717) is 30.6 Å². The van der Waals surface area contributed by atoms with Crippen molar-refractivity contribution in [3.63, 3.8) is 0 Å². The fourth-order valence-electron chi connectivity index (χ4n) is 5.66. The van der Waals surface area contributed by atoms with Crippen LogP contribution in [0, 0.1) is 6.92 Å². The normalized spacial score (nSPS) is 12.0. The monoisotopic (exact) mass is 682 g/mol. The molecule has 49 heavy (non-hydrogen) atoms. The summed E-state index contributed by atoms with van der Waals surface area (Å²) in [6.45, 7) is 6.48. The smallest absolute Gasteiger partial charge is 0.425 e. The molecule has 5 nitrogen and oxygen atoms in total. The summed E-state index contributed by atoms with van der Waals surface area (Å²) < 4.78 is 56.8. The van der Waals surface area contributed by atoms with Crippen LogP contribution in [0.15, 0.2) is 66.7 Å². The molecule has 3 aromatic carbocycles. The maximum atomic E-state index is 13.5. The van der Waals surface area contributed by atoms with Crippen LogP contribution >= 0.6 is 0 Å². The molecule has 8 heteroatoms. The van der Waals surface area contributed by atoms with Crippen LogP contribution in [0.25, 0.3) is 11.1 Å². The van der Waals surface area contributed by atoms with E-state index < -0.39 is 24.2 Å². The van der Waals surface area contributed by atoms with Crippen LogP contribution in [0.5, 0.6) is 11.5 Å². The second-order valence-electron chi connectivity index (χ2n) is 12.8. The highest BCUT2D eigenvalue weighted by molar-refractivity contribution is 5.93. The molecular weight excluding hydrogens is 629 g/mol. The lowest BCUT2D eigenvalue weighted by atomic mass is 10.0. The molecule has 3 aromatic rings. The maximum absolute atomic E-state index is 13.5. The maximum Gasteiger partial charge on any atom is 0.425 e. The van der Waals surface area contributed by atoms with Crippen molar-refractivity contribution in [3.8, 4) is 22.6 Å². The van der Waals surface area contributed by atoms with Crippen molar-refractivity contribution >= 4 is 11.9 Å². The van der Waals surface area contributed by atoms with Gasteiger partial charge in [-0.15, -0.1) is 0 Å². The Labute approximate surface area is 290 Å². The van der Waals surface area contributed by atoms with Crippen LogP contribution in [0.3, 0.4) is 0 Å². The Bertz CT molecular complexity index is 1400. The molecule has 1 unspecified atom stereocenters. The van der Waals surface area contributed by atoms with Gasteiger partial charge in [0.2, 0.25) is 0 Å². The quantitative estimate of drug-likeness (QED) is 0.0600. The number of ether oxygens (including phenoxy) is 3. The van der Waals surface area contributed by atoms with Gasteiger partial charge < -0.3 is 14.2 Å². The molecule has 0 spiro atoms. The van der Waals surface area contributed by atoms with E-state index in [9.17, 15) is 22.8 Å². The van der Waals surface area contributed by atoms with Gasteiger partial charge >= 0.3 is 18.1 Å². The van der Waals surface area contributed by atoms with Gasteiger partial charge in [-0.05, 0) is 85.3 Å². The number of halogens is 3. The summed E-state index contributed by atoms with van der Waals surface area (Å²) >= 11 is 0. The fourth-order valence-corrected chi connectivity index (χ4v) is 5.66. The third-order valence-corrected chi connectivity index (χ3v) is 8.64. The molecule has 0 bridgehead atoms. The van der Waals surface area contributed by atoms with Gasteiger partial charge in [-0.2, -0.15) is 13.2 Å². The lowest BCUT2D eigenvalue weighted by Crippen LogP contribution is -2.34. The lowest BCUT2D eigenvalue weighted by molar-refractivity contribution is -0.206. The van der Waals surface area contributed by atoms with Crippen LogP contribution in [-0.4, -0.2) is 30.8 Å². The first kappa shape index (κ1) is 39.6. The van der Waals surface area contributed by atoms with E-state index in [0.717, 1.165) is 36.1 Å². The predicted octanol–water partition coefficient (Wildman–Crippen LogP) is 12.2. The number of esters is 2. The highest BCUT2D eigenvalue weighted by Crippen LogP contribution is 2.29. The molecule has 0 radical (unpaired) electrons. The van der Waals surface area contributed by atoms with Crippen LogP contribution in [0.1, 0.15) is 136 Å². The fraction of sp³-hybridized carbons (Fsp3) is 0.512. The molecule has 0 saturated carbocycles. The van der Waals surface area contributed by atoms with Crippen molar-refractivity contribution in [2.24, 2.45) is 0 Å². The minimum atomic E-state index is -4.65. The van der Waals surface area contributed by atoms with Crippen molar-refractivity contribution in [2.75, 3.05) is 6.61 Å². The van der Waals surface area contributed by atoms with E-state index in [-0.39, 0.29) is 17.7 Å². The van der Waals surface area contributed by atoms with Gasteiger partial charge in [-0.1, -0.05) is 115 Å². The molecule has 268 valence electrons. The molecule has 0 N–H and O–H groups in total. The van der Waals surface area contributed by atoms with E-state index in [1.54, 1.807) is 19.1 Å². The number of hydrogen-bond donors (Lipinski definition) is 0. The van der Waals surface area contributed by atoms with Crippen molar-refractivity contribution in [2.45, 2.75) is 129 Å². The van der Waals surface area contributed by atoms with Crippen LogP contribution in [-0.2, 0) is 4.74 Å². The topological polar surface area (TPSA) is 61.8 Å². The summed E-state index contributed by atoms with van der Waals surface area (Å²) in [5, 5.41) is 0. The van der Waals surface area contributed by atoms with Gasteiger partial charge in [0.05, 0.1) is 17.7 Å². The highest BCUT2D eigenvalue weighted by Gasteiger charge is 2.42. The molecule has 0 heterocycles. The minimum absolute atomic E-state index is 0.0119. The Morgan fingerprint density at radius 2 is 1.14 bits per heavy atom. The average molecular weight is 683 g/mol. The molecule has 1 atom stereocenters. The number of benzene rings is 3. The van der Waals surface area contributed by atoms with E-state index >= 15 is 0 Å². The zero-order chi connectivity index (χ0) is 35.5. The Balaban J connectivity index is 1.45. The van der Waals surface area contributed by atoms with E-state index in [1.807, 2.05) is 43.3 Å². The van der Waals surface area contributed by atoms with Gasteiger partial charge in [0.25, 0.3) is 0 Å². The first-order valence-corrected chi connectivity index (χ1v) is 18.1. The van der Waals surface area contributed by atoms with Crippen molar-refractivity contribution < 1.29 is 37.0 Å². The third-order valence-electron chi connectivity index (χ3n) is 8.64. The van der Waals surface area contributed by atoms with Crippen molar-refractivity contribution in [3.05, 3.63) is 83.4 Å². The number of carbonyl (C=O) groups is 2. The summed E-state index contributed by atoms with van der Waals surface area (Å²) in [7, 11) is 0. The Kier molecular flexibility index (Phi) is 17.2. The van der Waals surface area contributed by atoms with E-state index in [2.05, 4.69) is 6.92 Å². The third kappa shape index (κ3) is 14.3. The molecule has 0 aliphatic carbocycles. The summed E-state index contributed by atoms with van der Waals surface area (Å²) in [6.07, 6.45) is 8.45. The highest BCUT2D eigenvalue weighted by atomic mass is 19.4. The number of alkyl halides is 3. The van der Waals surface area contributed by atoms with Crippen LogP contribution < -0.4 is 9.47 Å². The standard InChI is InChI=1S/C41H53F3O5/c1-4-6-8-10-11-12-13-14-15-17-29-47-35-25-23-33(24-26-35)32-19-21-34(22-20-32)39(45)48-36-27-28-37(31(3)30-36)40(46)49-38(41(42,43)44)18-16-9-7-5-2/h19-28,30,38H,4-18,29H2,1-3H3. The second-order valence-corrected chi connectivity index (χ2v) is 12.8. The van der Waals surface area contributed by atoms with Gasteiger partial charge in [-0.25, -0.2) is 9.59 Å². The average Bonchev–Trinajstić information content (AvgIpc) is 3.08. The summed E-state index contributed by atoms with van der Waals surface area (Å²) in [5.41, 5.74) is 2.57. The number of hydrogen-bond acceptors (Lipinski definition) is 5. The van der Waals surface area contributed by atoms with Gasteiger partial charge in [-0.3, -0.25) is 0 Å². The van der Waals surface area contributed by atoms with Crippen LogP contribution in [0.2, 0.25) is 0 Å². The van der Waals surface area contributed by atoms with Gasteiger partial charge in [0.15, 0.2) is 6.10 Å². The molecule has 0 amide bonds. The minimum Gasteiger partial charge on any atom is -0.494 e. The lowest BCUT2D eigenvalue weighted by Gasteiger charge is -2.21. The molecule has 0 aromatic heterocycles. The zero-order valence-electron chi connectivity index (χ0n) is 29.4. The Morgan fingerprint density at radius 1 is 0.633 bits per heavy atom. The van der Waals surface area contributed by atoms with Crippen molar-refractivity contribution in [1.29, 1.82) is 0 Å². The molecule has 0 fully saturated rings. The zero-order valence-corrected chi connectivity index (χ0v) is 29.4. The Morgan fingerprint density at radius 3 is 1.69 bits per heavy atom. The first-order valence-electron chi connectivity index (χ1n) is 18.1.